The Hall–Kier alpha value is -2.84. The monoisotopic (exact) mass is 395 g/mol. The van der Waals surface area contributed by atoms with E-state index >= 15 is 0 Å². The van der Waals surface area contributed by atoms with Crippen molar-refractivity contribution in [2.75, 3.05) is 0 Å². The first kappa shape index (κ1) is 19.9. The fraction of sp³-hybridized carbons (Fsp3) is 0.421. The number of carbonyl (C=O) groups is 2. The zero-order valence-corrected chi connectivity index (χ0v) is 15.2. The number of aryl methyl sites for hydroxylation is 1. The van der Waals surface area contributed by atoms with E-state index in [-0.39, 0.29) is 5.78 Å². The van der Waals surface area contributed by atoms with Crippen LogP contribution in [0.2, 0.25) is 0 Å². The number of alkyl halides is 3. The summed E-state index contributed by atoms with van der Waals surface area (Å²) in [7, 11) is 2.02. The summed E-state index contributed by atoms with van der Waals surface area (Å²) in [6, 6.07) is 2.48. The zero-order chi connectivity index (χ0) is 20.5. The Morgan fingerprint density at radius 2 is 1.93 bits per heavy atom. The molecule has 0 unspecified atom stereocenters. The smallest absolute Gasteiger partial charge is 0.430 e. The molecule has 1 fully saturated rings. The molecule has 0 radical (unpaired) electrons. The molecule has 6 nitrogen and oxygen atoms in total. The van der Waals surface area contributed by atoms with E-state index in [1.807, 2.05) is 31.6 Å². The molecule has 9 heteroatoms. The number of aromatic amines is 1. The van der Waals surface area contributed by atoms with E-state index in [0.29, 0.717) is 6.04 Å². The van der Waals surface area contributed by atoms with Crippen molar-refractivity contribution in [2.24, 2.45) is 7.05 Å². The highest BCUT2D eigenvalue weighted by Crippen LogP contribution is 2.29. The first-order valence-electron chi connectivity index (χ1n) is 8.99. The van der Waals surface area contributed by atoms with Crippen LogP contribution in [0, 0.1) is 0 Å². The predicted molar refractivity (Wildman–Crippen MR) is 92.9 cm³/mol. The Bertz CT molecular complexity index is 941. The molecule has 0 aliphatic heterocycles. The summed E-state index contributed by atoms with van der Waals surface area (Å²) in [4.78, 5) is 24.6. The molecule has 28 heavy (non-hydrogen) atoms. The van der Waals surface area contributed by atoms with Crippen molar-refractivity contribution < 1.29 is 32.4 Å². The Morgan fingerprint density at radius 1 is 1.29 bits per heavy atom. The van der Waals surface area contributed by atoms with Crippen LogP contribution >= 0.6 is 0 Å². The molecule has 0 saturated heterocycles. The third-order valence-electron chi connectivity index (χ3n) is 4.97. The van der Waals surface area contributed by atoms with Gasteiger partial charge in [0.1, 0.15) is 18.7 Å². The van der Waals surface area contributed by atoms with Gasteiger partial charge in [-0.25, -0.2) is 4.57 Å². The van der Waals surface area contributed by atoms with Crippen molar-refractivity contribution in [3.63, 3.8) is 0 Å². The van der Waals surface area contributed by atoms with Crippen molar-refractivity contribution in [3.8, 4) is 0 Å². The lowest BCUT2D eigenvalue weighted by atomic mass is 9.94. The van der Waals surface area contributed by atoms with E-state index < -0.39 is 12.1 Å². The summed E-state index contributed by atoms with van der Waals surface area (Å²) in [5, 5.41) is 14.4. The lowest BCUT2D eigenvalue weighted by Gasteiger charge is -2.25. The molecule has 2 aliphatic carbocycles. The summed E-state index contributed by atoms with van der Waals surface area (Å²) >= 11 is 0. The van der Waals surface area contributed by atoms with Crippen molar-refractivity contribution in [2.45, 2.75) is 44.3 Å². The molecule has 4 rings (SSSR count). The number of hydrogen-bond donors (Lipinski definition) is 2. The minimum absolute atomic E-state index is 0.0919. The van der Waals surface area contributed by atoms with Gasteiger partial charge in [-0.1, -0.05) is 19.3 Å². The number of ketones is 1. The van der Waals surface area contributed by atoms with Crippen LogP contribution < -0.4 is 15.0 Å². The van der Waals surface area contributed by atoms with Crippen molar-refractivity contribution in [3.05, 3.63) is 35.5 Å². The predicted octanol–water partition coefficient (Wildman–Crippen LogP) is 1.75. The number of carbonyl (C=O) groups excluding carboxylic acids is 2. The number of hydrogen-bond acceptors (Lipinski definition) is 4. The standard InChI is InChI=1S/C17H19N3O.C2HF3O2/c1-20-8-7-11-10-18-16-15(11)14(20)9-13(17(16)21)19-12-5-3-2-4-6-12;3-2(4,5)1(6)7/h7-10,12H,2-6H2,1H3,(H,18,19,21);(H,6,7). The molecule has 2 aromatic heterocycles. The fourth-order valence-electron chi connectivity index (χ4n) is 3.56. The molecule has 2 aromatic rings. The van der Waals surface area contributed by atoms with Crippen LogP contribution in [-0.4, -0.2) is 29.0 Å². The number of carboxylic acid groups (broad SMARTS) is 1. The van der Waals surface area contributed by atoms with Gasteiger partial charge in [0.2, 0.25) is 11.5 Å². The lowest BCUT2D eigenvalue weighted by Crippen LogP contribution is -2.37. The average molecular weight is 395 g/mol. The number of pyridine rings is 1. The molecule has 0 spiro atoms. The molecular weight excluding hydrogens is 375 g/mol. The Morgan fingerprint density at radius 3 is 2.54 bits per heavy atom. The fourth-order valence-corrected chi connectivity index (χ4v) is 3.56. The summed E-state index contributed by atoms with van der Waals surface area (Å²) in [5.41, 5.74) is 2.55. The van der Waals surface area contributed by atoms with E-state index in [0.717, 1.165) is 27.9 Å². The first-order chi connectivity index (χ1) is 13.2. The molecule has 0 amide bonds. The topological polar surface area (TPSA) is 88.9 Å². The average Bonchev–Trinajstić information content (AvgIpc) is 3.07. The Labute approximate surface area is 159 Å². The van der Waals surface area contributed by atoms with Crippen molar-refractivity contribution >= 4 is 28.6 Å². The van der Waals surface area contributed by atoms with Crippen LogP contribution in [0.4, 0.5) is 13.2 Å². The molecule has 2 aliphatic rings. The van der Waals surface area contributed by atoms with Crippen LogP contribution in [0.5, 0.6) is 0 Å². The quantitative estimate of drug-likeness (QED) is 0.759. The number of halogens is 3. The second-order valence-corrected chi connectivity index (χ2v) is 6.96. The maximum absolute atomic E-state index is 12.7. The van der Waals surface area contributed by atoms with Gasteiger partial charge in [-0.05, 0) is 12.8 Å². The van der Waals surface area contributed by atoms with Gasteiger partial charge in [-0.2, -0.15) is 13.2 Å². The lowest BCUT2D eigenvalue weighted by molar-refractivity contribution is -0.671. The molecule has 0 atom stereocenters. The van der Waals surface area contributed by atoms with Gasteiger partial charge < -0.3 is 20.2 Å². The van der Waals surface area contributed by atoms with E-state index in [9.17, 15) is 18.0 Å². The second-order valence-electron chi connectivity index (χ2n) is 6.96. The van der Waals surface area contributed by atoms with E-state index in [2.05, 4.69) is 14.9 Å². The summed E-state index contributed by atoms with van der Waals surface area (Å²) < 4.78 is 33.6. The zero-order valence-electron chi connectivity index (χ0n) is 15.2. The van der Waals surface area contributed by atoms with Gasteiger partial charge in [0, 0.05) is 29.8 Å². The number of aromatic nitrogens is 2. The number of aliphatic carboxylic acids is 1. The summed E-state index contributed by atoms with van der Waals surface area (Å²) in [5.74, 6) is -2.92. The SMILES string of the molecule is C[n+]1ccc2c[nH]c3c2c1C=C(NC1CCCCC1)C3=O.O=C([O-])C(F)(F)F. The summed E-state index contributed by atoms with van der Waals surface area (Å²) in [6.45, 7) is 0. The number of nitrogens with one attached hydrogen (secondary N) is 2. The molecule has 2 heterocycles. The van der Waals surface area contributed by atoms with E-state index in [1.54, 1.807) is 0 Å². The molecule has 0 bridgehead atoms. The molecule has 0 aromatic carbocycles. The molecular formula is C19H20F3N3O3. The molecule has 150 valence electrons. The van der Waals surface area contributed by atoms with E-state index in [4.69, 9.17) is 9.90 Å². The van der Waals surface area contributed by atoms with Gasteiger partial charge in [0.05, 0.1) is 11.1 Å². The van der Waals surface area contributed by atoms with Gasteiger partial charge in [0.15, 0.2) is 6.20 Å². The first-order valence-corrected chi connectivity index (χ1v) is 8.99. The highest BCUT2D eigenvalue weighted by atomic mass is 19.4. The van der Waals surface area contributed by atoms with Crippen LogP contribution in [0.3, 0.4) is 0 Å². The summed E-state index contributed by atoms with van der Waals surface area (Å²) in [6.07, 6.45) is 6.95. The second kappa shape index (κ2) is 7.65. The number of allylic oxidation sites excluding steroid dienone is 1. The highest BCUT2D eigenvalue weighted by Gasteiger charge is 2.30. The minimum atomic E-state index is -5.19. The largest absolute Gasteiger partial charge is 0.542 e. The number of H-pyrrole nitrogens is 1. The number of Topliss-reactive ketones (excluding diaryl/α,β-unsaturated/α-hetero) is 1. The van der Waals surface area contributed by atoms with Gasteiger partial charge in [0.25, 0.3) is 0 Å². The van der Waals surface area contributed by atoms with Crippen LogP contribution in [0.1, 0.15) is 48.3 Å². The van der Waals surface area contributed by atoms with E-state index in [1.165, 1.54) is 32.1 Å². The minimum Gasteiger partial charge on any atom is -0.542 e. The van der Waals surface area contributed by atoms with Crippen LogP contribution in [0.25, 0.3) is 16.8 Å². The maximum atomic E-state index is 12.7. The van der Waals surface area contributed by atoms with Gasteiger partial charge in [-0.15, -0.1) is 0 Å². The highest BCUT2D eigenvalue weighted by molar-refractivity contribution is 6.20. The van der Waals surface area contributed by atoms with Crippen molar-refractivity contribution in [1.82, 2.24) is 10.3 Å². The number of nitrogens with zero attached hydrogens (tertiary/aromatic N) is 1. The van der Waals surface area contributed by atoms with Crippen LogP contribution in [-0.2, 0) is 11.8 Å². The van der Waals surface area contributed by atoms with Gasteiger partial charge in [-0.3, -0.25) is 4.79 Å². The Kier molecular flexibility index (Phi) is 5.44. The van der Waals surface area contributed by atoms with Crippen molar-refractivity contribution in [1.29, 1.82) is 0 Å². The molecule has 2 N–H and O–H groups in total. The molecule has 1 saturated carbocycles. The van der Waals surface area contributed by atoms with Gasteiger partial charge >= 0.3 is 6.18 Å². The third kappa shape index (κ3) is 4.02. The Balaban J connectivity index is 0.000000279. The third-order valence-corrected chi connectivity index (χ3v) is 4.97. The normalized spacial score (nSPS) is 17.0. The maximum Gasteiger partial charge on any atom is 0.430 e. The number of rotatable bonds is 2. The van der Waals surface area contributed by atoms with Crippen LogP contribution in [0.15, 0.2) is 24.2 Å². The number of carboxylic acids is 1.